The molecule has 21 heavy (non-hydrogen) atoms. The second-order valence-electron chi connectivity index (χ2n) is 4.52. The Morgan fingerprint density at radius 1 is 1.19 bits per heavy atom. The minimum atomic E-state index is -0.287. The molecule has 2 aromatic carbocycles. The van der Waals surface area contributed by atoms with Crippen molar-refractivity contribution < 1.29 is 9.53 Å². The molecule has 4 nitrogen and oxygen atoms in total. The third-order valence-electron chi connectivity index (χ3n) is 2.85. The minimum Gasteiger partial charge on any atom is -0.489 e. The van der Waals surface area contributed by atoms with Gasteiger partial charge in [-0.25, -0.2) is 4.79 Å². The molecular formula is C17H18N2O2. The quantitative estimate of drug-likeness (QED) is 0.807. The fourth-order valence-corrected chi connectivity index (χ4v) is 1.82. The summed E-state index contributed by atoms with van der Waals surface area (Å²) in [7, 11) is 0. The summed E-state index contributed by atoms with van der Waals surface area (Å²) in [5.41, 5.74) is 2.47. The van der Waals surface area contributed by atoms with E-state index in [1.807, 2.05) is 43.3 Å². The second-order valence-corrected chi connectivity index (χ2v) is 4.52. The highest BCUT2D eigenvalue weighted by Gasteiger charge is 2.05. The van der Waals surface area contributed by atoms with E-state index < -0.39 is 0 Å². The largest absolute Gasteiger partial charge is 0.489 e. The van der Waals surface area contributed by atoms with Crippen LogP contribution in [0.4, 0.5) is 16.2 Å². The van der Waals surface area contributed by atoms with Gasteiger partial charge in [-0.2, -0.15) is 0 Å². The molecule has 0 bridgehead atoms. The van der Waals surface area contributed by atoms with Crippen LogP contribution in [-0.4, -0.2) is 12.6 Å². The van der Waals surface area contributed by atoms with Crippen molar-refractivity contribution in [3.63, 3.8) is 0 Å². The van der Waals surface area contributed by atoms with Crippen LogP contribution in [0.25, 0.3) is 0 Å². The van der Waals surface area contributed by atoms with Crippen molar-refractivity contribution in [2.75, 3.05) is 17.2 Å². The van der Waals surface area contributed by atoms with E-state index in [2.05, 4.69) is 17.2 Å². The minimum absolute atomic E-state index is 0.287. The lowest BCUT2D eigenvalue weighted by atomic mass is 10.2. The molecule has 0 radical (unpaired) electrons. The van der Waals surface area contributed by atoms with Crippen molar-refractivity contribution in [1.29, 1.82) is 0 Å². The number of urea groups is 1. The van der Waals surface area contributed by atoms with E-state index in [-0.39, 0.29) is 6.03 Å². The predicted molar refractivity (Wildman–Crippen MR) is 86.0 cm³/mol. The van der Waals surface area contributed by atoms with Crippen LogP contribution in [0.3, 0.4) is 0 Å². The van der Waals surface area contributed by atoms with E-state index in [1.54, 1.807) is 18.2 Å². The molecule has 2 aromatic rings. The molecule has 108 valence electrons. The third-order valence-corrected chi connectivity index (χ3v) is 2.85. The Morgan fingerprint density at radius 2 is 2.00 bits per heavy atom. The average Bonchev–Trinajstić information content (AvgIpc) is 2.48. The molecule has 0 spiro atoms. The Labute approximate surface area is 124 Å². The van der Waals surface area contributed by atoms with Crippen molar-refractivity contribution in [3.8, 4) is 5.75 Å². The second kappa shape index (κ2) is 7.14. The number of benzene rings is 2. The predicted octanol–water partition coefficient (Wildman–Crippen LogP) is 4.20. The molecule has 0 aliphatic rings. The first kappa shape index (κ1) is 14.7. The number of hydrogen-bond acceptors (Lipinski definition) is 2. The lowest BCUT2D eigenvalue weighted by molar-refractivity contribution is 0.262. The number of aryl methyl sites for hydroxylation is 1. The van der Waals surface area contributed by atoms with Gasteiger partial charge in [0.05, 0.1) is 0 Å². The third kappa shape index (κ3) is 4.38. The van der Waals surface area contributed by atoms with Gasteiger partial charge >= 0.3 is 6.03 Å². The number of anilines is 2. The molecule has 0 aliphatic carbocycles. The number of hydrogen-bond donors (Lipinski definition) is 2. The highest BCUT2D eigenvalue weighted by Crippen LogP contribution is 2.18. The molecule has 0 atom stereocenters. The zero-order valence-electron chi connectivity index (χ0n) is 11.9. The maximum Gasteiger partial charge on any atom is 0.323 e. The molecule has 2 amide bonds. The van der Waals surface area contributed by atoms with Crippen LogP contribution in [0, 0.1) is 6.92 Å². The first-order valence-corrected chi connectivity index (χ1v) is 6.66. The molecule has 0 unspecified atom stereocenters. The van der Waals surface area contributed by atoms with E-state index in [1.165, 1.54) is 0 Å². The van der Waals surface area contributed by atoms with E-state index in [9.17, 15) is 4.79 Å². The number of carbonyl (C=O) groups excluding carboxylic acids is 1. The van der Waals surface area contributed by atoms with Crippen LogP contribution in [0.2, 0.25) is 0 Å². The molecule has 2 rings (SSSR count). The van der Waals surface area contributed by atoms with Gasteiger partial charge in [-0.3, -0.25) is 0 Å². The Morgan fingerprint density at radius 3 is 2.76 bits per heavy atom. The standard InChI is InChI=1S/C17H18N2O2/c1-3-11-21-15-9-6-8-14(12-15)18-17(20)19-16-10-5-4-7-13(16)2/h3-10,12H,1,11H2,2H3,(H2,18,19,20). The summed E-state index contributed by atoms with van der Waals surface area (Å²) in [6.07, 6.45) is 1.67. The molecule has 0 saturated carbocycles. The van der Waals surface area contributed by atoms with Crippen LogP contribution < -0.4 is 15.4 Å². The van der Waals surface area contributed by atoms with Gasteiger partial charge in [0, 0.05) is 17.4 Å². The fourth-order valence-electron chi connectivity index (χ4n) is 1.82. The zero-order chi connectivity index (χ0) is 15.1. The first-order chi connectivity index (χ1) is 10.2. The number of nitrogens with one attached hydrogen (secondary N) is 2. The van der Waals surface area contributed by atoms with Crippen molar-refractivity contribution in [2.24, 2.45) is 0 Å². The monoisotopic (exact) mass is 282 g/mol. The maximum absolute atomic E-state index is 12.0. The summed E-state index contributed by atoms with van der Waals surface area (Å²) >= 11 is 0. The Bertz CT molecular complexity index is 638. The number of carbonyl (C=O) groups is 1. The van der Waals surface area contributed by atoms with Gasteiger partial charge < -0.3 is 15.4 Å². The van der Waals surface area contributed by atoms with Crippen LogP contribution in [0.15, 0.2) is 61.2 Å². The first-order valence-electron chi connectivity index (χ1n) is 6.66. The summed E-state index contributed by atoms with van der Waals surface area (Å²) in [5.74, 6) is 0.684. The van der Waals surface area contributed by atoms with Crippen LogP contribution in [-0.2, 0) is 0 Å². The van der Waals surface area contributed by atoms with Crippen molar-refractivity contribution in [2.45, 2.75) is 6.92 Å². The van der Waals surface area contributed by atoms with Crippen LogP contribution >= 0.6 is 0 Å². The number of para-hydroxylation sites is 1. The number of ether oxygens (including phenoxy) is 1. The van der Waals surface area contributed by atoms with Gasteiger partial charge in [-0.15, -0.1) is 0 Å². The molecule has 4 heteroatoms. The summed E-state index contributed by atoms with van der Waals surface area (Å²) < 4.78 is 5.43. The molecule has 0 heterocycles. The van der Waals surface area contributed by atoms with E-state index in [4.69, 9.17) is 4.74 Å². The number of rotatable bonds is 5. The van der Waals surface area contributed by atoms with Crippen LogP contribution in [0.1, 0.15) is 5.56 Å². The Hall–Kier alpha value is -2.75. The van der Waals surface area contributed by atoms with Crippen molar-refractivity contribution in [1.82, 2.24) is 0 Å². The molecule has 0 fully saturated rings. The lowest BCUT2D eigenvalue weighted by Crippen LogP contribution is -2.19. The van der Waals surface area contributed by atoms with E-state index >= 15 is 0 Å². The molecule has 0 aromatic heterocycles. The Kier molecular flexibility index (Phi) is 4.99. The summed E-state index contributed by atoms with van der Waals surface area (Å²) in [6.45, 7) is 5.97. The highest BCUT2D eigenvalue weighted by molar-refractivity contribution is 6.00. The van der Waals surface area contributed by atoms with Gasteiger partial charge in [-0.1, -0.05) is 36.9 Å². The maximum atomic E-state index is 12.0. The smallest absolute Gasteiger partial charge is 0.323 e. The fraction of sp³-hybridized carbons (Fsp3) is 0.118. The molecule has 0 aliphatic heterocycles. The average molecular weight is 282 g/mol. The lowest BCUT2D eigenvalue weighted by Gasteiger charge is -2.10. The van der Waals surface area contributed by atoms with Crippen molar-refractivity contribution >= 4 is 17.4 Å². The topological polar surface area (TPSA) is 50.4 Å². The van der Waals surface area contributed by atoms with Crippen molar-refractivity contribution in [3.05, 3.63) is 66.7 Å². The molecular weight excluding hydrogens is 264 g/mol. The van der Waals surface area contributed by atoms with Crippen LogP contribution in [0.5, 0.6) is 5.75 Å². The summed E-state index contributed by atoms with van der Waals surface area (Å²) in [4.78, 5) is 12.0. The highest BCUT2D eigenvalue weighted by atomic mass is 16.5. The van der Waals surface area contributed by atoms with Gasteiger partial charge in [0.25, 0.3) is 0 Å². The van der Waals surface area contributed by atoms with Gasteiger partial charge in [0.15, 0.2) is 0 Å². The van der Waals surface area contributed by atoms with E-state index in [0.717, 1.165) is 11.3 Å². The van der Waals surface area contributed by atoms with Gasteiger partial charge in [-0.05, 0) is 30.7 Å². The molecule has 0 saturated heterocycles. The normalized spacial score (nSPS) is 9.76. The van der Waals surface area contributed by atoms with E-state index in [0.29, 0.717) is 18.0 Å². The number of amides is 2. The van der Waals surface area contributed by atoms with Gasteiger partial charge in [0.1, 0.15) is 12.4 Å². The zero-order valence-corrected chi connectivity index (χ0v) is 11.9. The summed E-state index contributed by atoms with van der Waals surface area (Å²) in [5, 5.41) is 5.59. The Balaban J connectivity index is 1.99. The summed E-state index contributed by atoms with van der Waals surface area (Å²) in [6, 6.07) is 14.5. The molecule has 2 N–H and O–H groups in total. The van der Waals surface area contributed by atoms with Gasteiger partial charge in [0.2, 0.25) is 0 Å². The SMILES string of the molecule is C=CCOc1cccc(NC(=O)Nc2ccccc2C)c1.